The van der Waals surface area contributed by atoms with E-state index in [4.69, 9.17) is 10.5 Å². The third-order valence-corrected chi connectivity index (χ3v) is 3.65. The molecule has 1 fully saturated rings. The minimum Gasteiger partial charge on any atom is -0.370 e. The number of hydrogen-bond donors (Lipinski definition) is 1. The molecule has 0 aliphatic carbocycles. The number of carbonyl (C=O) groups is 1. The Labute approximate surface area is 120 Å². The van der Waals surface area contributed by atoms with Crippen LogP contribution in [0.2, 0.25) is 0 Å². The second kappa shape index (κ2) is 6.86. The standard InChI is InChI=1S/C16H24N2O2/c1-12-4-3-5-14(8-12)6-7-16(19)18-10-13(2)20-15(9-17)11-18/h3-5,8,13,15H,6-7,9-11,17H2,1-2H3. The Morgan fingerprint density at radius 2 is 2.25 bits per heavy atom. The van der Waals surface area contributed by atoms with Gasteiger partial charge in [0.25, 0.3) is 0 Å². The maximum Gasteiger partial charge on any atom is 0.223 e. The molecule has 1 aliphatic heterocycles. The van der Waals surface area contributed by atoms with Gasteiger partial charge in [-0.15, -0.1) is 0 Å². The van der Waals surface area contributed by atoms with E-state index in [9.17, 15) is 4.79 Å². The molecule has 2 N–H and O–H groups in total. The van der Waals surface area contributed by atoms with Crippen LogP contribution >= 0.6 is 0 Å². The van der Waals surface area contributed by atoms with Gasteiger partial charge in [0.1, 0.15) is 0 Å². The van der Waals surface area contributed by atoms with E-state index < -0.39 is 0 Å². The summed E-state index contributed by atoms with van der Waals surface area (Å²) in [6, 6.07) is 8.32. The van der Waals surface area contributed by atoms with Gasteiger partial charge in [0, 0.05) is 26.1 Å². The summed E-state index contributed by atoms with van der Waals surface area (Å²) in [6.45, 7) is 5.81. The maximum atomic E-state index is 12.3. The van der Waals surface area contributed by atoms with Crippen molar-refractivity contribution in [3.63, 3.8) is 0 Å². The molecule has 4 heteroatoms. The van der Waals surface area contributed by atoms with Crippen molar-refractivity contribution in [3.05, 3.63) is 35.4 Å². The van der Waals surface area contributed by atoms with Crippen molar-refractivity contribution in [1.29, 1.82) is 0 Å². The first-order chi connectivity index (χ1) is 9.58. The van der Waals surface area contributed by atoms with E-state index in [1.807, 2.05) is 17.9 Å². The molecular formula is C16H24N2O2. The van der Waals surface area contributed by atoms with E-state index in [1.165, 1.54) is 11.1 Å². The molecule has 1 aliphatic rings. The monoisotopic (exact) mass is 276 g/mol. The van der Waals surface area contributed by atoms with Crippen molar-refractivity contribution >= 4 is 5.91 Å². The van der Waals surface area contributed by atoms with E-state index >= 15 is 0 Å². The Hall–Kier alpha value is -1.39. The highest BCUT2D eigenvalue weighted by molar-refractivity contribution is 5.76. The molecule has 1 heterocycles. The summed E-state index contributed by atoms with van der Waals surface area (Å²) in [5.74, 6) is 0.195. The van der Waals surface area contributed by atoms with Crippen LogP contribution in [-0.2, 0) is 16.0 Å². The molecule has 1 saturated heterocycles. The number of amides is 1. The van der Waals surface area contributed by atoms with Crippen LogP contribution in [0.4, 0.5) is 0 Å². The summed E-state index contributed by atoms with van der Waals surface area (Å²) in [4.78, 5) is 14.2. The predicted molar refractivity (Wildman–Crippen MR) is 79.5 cm³/mol. The number of carbonyl (C=O) groups excluding carboxylic acids is 1. The second-order valence-electron chi connectivity index (χ2n) is 5.59. The molecule has 2 rings (SSSR count). The average Bonchev–Trinajstić information content (AvgIpc) is 2.44. The second-order valence-corrected chi connectivity index (χ2v) is 5.59. The highest BCUT2D eigenvalue weighted by Gasteiger charge is 2.27. The number of hydrogen-bond acceptors (Lipinski definition) is 3. The lowest BCUT2D eigenvalue weighted by molar-refractivity contribution is -0.143. The molecule has 2 unspecified atom stereocenters. The van der Waals surface area contributed by atoms with Crippen molar-refractivity contribution in [2.75, 3.05) is 19.6 Å². The molecule has 1 amide bonds. The number of nitrogens with two attached hydrogens (primary N) is 1. The van der Waals surface area contributed by atoms with Gasteiger partial charge in [-0.3, -0.25) is 4.79 Å². The summed E-state index contributed by atoms with van der Waals surface area (Å²) in [7, 11) is 0. The van der Waals surface area contributed by atoms with Crippen LogP contribution in [0.25, 0.3) is 0 Å². The average molecular weight is 276 g/mol. The fraction of sp³-hybridized carbons (Fsp3) is 0.562. The number of morpholine rings is 1. The van der Waals surface area contributed by atoms with Gasteiger partial charge in [0.15, 0.2) is 0 Å². The zero-order valence-corrected chi connectivity index (χ0v) is 12.3. The van der Waals surface area contributed by atoms with E-state index in [0.29, 0.717) is 26.1 Å². The highest BCUT2D eigenvalue weighted by Crippen LogP contribution is 2.13. The van der Waals surface area contributed by atoms with Crippen LogP contribution in [0.1, 0.15) is 24.5 Å². The third-order valence-electron chi connectivity index (χ3n) is 3.65. The SMILES string of the molecule is Cc1cccc(CCC(=O)N2CC(C)OC(CN)C2)c1. The molecule has 0 radical (unpaired) electrons. The lowest BCUT2D eigenvalue weighted by atomic mass is 10.1. The topological polar surface area (TPSA) is 55.6 Å². The summed E-state index contributed by atoms with van der Waals surface area (Å²) >= 11 is 0. The van der Waals surface area contributed by atoms with Gasteiger partial charge in [-0.1, -0.05) is 29.8 Å². The van der Waals surface area contributed by atoms with Crippen molar-refractivity contribution in [2.24, 2.45) is 5.73 Å². The number of ether oxygens (including phenoxy) is 1. The quantitative estimate of drug-likeness (QED) is 0.906. The van der Waals surface area contributed by atoms with Crippen LogP contribution in [-0.4, -0.2) is 42.6 Å². The van der Waals surface area contributed by atoms with Gasteiger partial charge in [-0.25, -0.2) is 0 Å². The van der Waals surface area contributed by atoms with Crippen molar-refractivity contribution in [3.8, 4) is 0 Å². The van der Waals surface area contributed by atoms with Crippen molar-refractivity contribution in [1.82, 2.24) is 4.90 Å². The van der Waals surface area contributed by atoms with Crippen LogP contribution in [0.15, 0.2) is 24.3 Å². The minimum atomic E-state index is -0.0262. The summed E-state index contributed by atoms with van der Waals surface area (Å²) in [5.41, 5.74) is 8.10. The van der Waals surface area contributed by atoms with Gasteiger partial charge in [0.2, 0.25) is 5.91 Å². The Morgan fingerprint density at radius 3 is 2.95 bits per heavy atom. The zero-order valence-electron chi connectivity index (χ0n) is 12.3. The zero-order chi connectivity index (χ0) is 14.5. The summed E-state index contributed by atoms with van der Waals surface area (Å²) in [6.07, 6.45) is 1.38. The predicted octanol–water partition coefficient (Wildman–Crippen LogP) is 1.50. The summed E-state index contributed by atoms with van der Waals surface area (Å²) in [5, 5.41) is 0. The molecule has 20 heavy (non-hydrogen) atoms. The first-order valence-electron chi connectivity index (χ1n) is 7.27. The number of aryl methyl sites for hydroxylation is 2. The van der Waals surface area contributed by atoms with E-state index in [0.717, 1.165) is 6.42 Å². The molecule has 4 nitrogen and oxygen atoms in total. The van der Waals surface area contributed by atoms with Crippen LogP contribution < -0.4 is 5.73 Å². The van der Waals surface area contributed by atoms with Gasteiger partial charge in [-0.2, -0.15) is 0 Å². The van der Waals surface area contributed by atoms with Crippen LogP contribution in [0, 0.1) is 6.92 Å². The molecule has 110 valence electrons. The molecule has 1 aromatic rings. The van der Waals surface area contributed by atoms with E-state index in [2.05, 4.69) is 25.1 Å². The largest absolute Gasteiger partial charge is 0.370 e. The molecule has 0 aromatic heterocycles. The van der Waals surface area contributed by atoms with Crippen molar-refractivity contribution in [2.45, 2.75) is 38.9 Å². The normalized spacial score (nSPS) is 22.9. The third kappa shape index (κ3) is 4.05. The van der Waals surface area contributed by atoms with Gasteiger partial charge in [0.05, 0.1) is 12.2 Å². The lowest BCUT2D eigenvalue weighted by Crippen LogP contribution is -2.51. The van der Waals surface area contributed by atoms with Gasteiger partial charge in [-0.05, 0) is 25.8 Å². The molecule has 2 atom stereocenters. The van der Waals surface area contributed by atoms with E-state index in [1.54, 1.807) is 0 Å². The molecular weight excluding hydrogens is 252 g/mol. The fourth-order valence-corrected chi connectivity index (χ4v) is 2.66. The molecule has 1 aromatic carbocycles. The number of benzene rings is 1. The first kappa shape index (κ1) is 15.0. The Kier molecular flexibility index (Phi) is 5.15. The Bertz CT molecular complexity index is 462. The van der Waals surface area contributed by atoms with Gasteiger partial charge >= 0.3 is 0 Å². The molecule has 0 bridgehead atoms. The Morgan fingerprint density at radius 1 is 1.45 bits per heavy atom. The molecule has 0 saturated carbocycles. The van der Waals surface area contributed by atoms with Crippen molar-refractivity contribution < 1.29 is 9.53 Å². The van der Waals surface area contributed by atoms with Crippen LogP contribution in [0.3, 0.4) is 0 Å². The minimum absolute atomic E-state index is 0.0262. The smallest absolute Gasteiger partial charge is 0.223 e. The number of rotatable bonds is 4. The van der Waals surface area contributed by atoms with E-state index in [-0.39, 0.29) is 18.1 Å². The summed E-state index contributed by atoms with van der Waals surface area (Å²) < 4.78 is 5.68. The van der Waals surface area contributed by atoms with Crippen LogP contribution in [0.5, 0.6) is 0 Å². The highest BCUT2D eigenvalue weighted by atomic mass is 16.5. The number of nitrogens with zero attached hydrogens (tertiary/aromatic N) is 1. The van der Waals surface area contributed by atoms with Gasteiger partial charge < -0.3 is 15.4 Å². The fourth-order valence-electron chi connectivity index (χ4n) is 2.66. The first-order valence-corrected chi connectivity index (χ1v) is 7.27. The Balaban J connectivity index is 1.88. The molecule has 0 spiro atoms. The maximum absolute atomic E-state index is 12.3. The lowest BCUT2D eigenvalue weighted by Gasteiger charge is -2.36.